The van der Waals surface area contributed by atoms with Crippen molar-refractivity contribution < 1.29 is 14.2 Å². The summed E-state index contributed by atoms with van der Waals surface area (Å²) in [6, 6.07) is 5.77. The fourth-order valence-electron chi connectivity index (χ4n) is 5.27. The predicted molar refractivity (Wildman–Crippen MR) is 149 cm³/mol. The maximum atomic E-state index is 15.0. The van der Waals surface area contributed by atoms with Gasteiger partial charge in [0.1, 0.15) is 11.5 Å². The zero-order chi connectivity index (χ0) is 26.0. The van der Waals surface area contributed by atoms with E-state index in [0.717, 1.165) is 65.3 Å². The number of fused-ring (bicyclic) bond motifs is 1. The summed E-state index contributed by atoms with van der Waals surface area (Å²) in [6.45, 7) is 10.4. The molecule has 0 saturated heterocycles. The number of halogens is 1. The number of aliphatic hydroxyl groups excluding tert-OH is 1. The summed E-state index contributed by atoms with van der Waals surface area (Å²) in [5.74, 6) is 4.33. The maximum absolute atomic E-state index is 15.0. The molecule has 2 aliphatic rings. The number of hydrogen-bond acceptors (Lipinski definition) is 5. The standard InChI is InChI=1S/C28H38FN3O2S2/c1-6-7-24(34-27(17(2)14-33)28(3,4)5)19-9-8-18(12-19)23-13-25(32-31-23)30-22-11-10-20-15-36(35)16-21(20)26(22)29/h7,10-11,13,18-19,33H,6,8-9,12,14-16H2,1-5H3,(H2,30,31,32)/b24-7+,27-17+. The highest BCUT2D eigenvalue weighted by Crippen LogP contribution is 2.44. The van der Waals surface area contributed by atoms with E-state index in [-0.39, 0.29) is 27.3 Å². The first-order valence-corrected chi connectivity index (χ1v) is 15.3. The molecule has 1 aromatic carbocycles. The van der Waals surface area contributed by atoms with Crippen molar-refractivity contribution >= 4 is 32.1 Å². The van der Waals surface area contributed by atoms with Gasteiger partial charge in [-0.3, -0.25) is 5.10 Å². The molecular formula is C28H38FN3O2S2. The van der Waals surface area contributed by atoms with Gasteiger partial charge in [-0.1, -0.05) is 44.9 Å². The van der Waals surface area contributed by atoms with Crippen LogP contribution in [-0.2, 0) is 36.9 Å². The molecule has 0 amide bonds. The minimum Gasteiger partial charge on any atom is -0.466 e. The van der Waals surface area contributed by atoms with Crippen LogP contribution in [0.2, 0.25) is 0 Å². The van der Waals surface area contributed by atoms with E-state index in [9.17, 15) is 5.11 Å². The number of hydrogen-bond donors (Lipinski definition) is 3. The number of allylic oxidation sites excluding steroid dienone is 3. The Morgan fingerprint density at radius 3 is 2.81 bits per heavy atom. The first kappa shape index (κ1) is 27.0. The minimum atomic E-state index is -0.204. The Hall–Kier alpha value is -2.03. The highest BCUT2D eigenvalue weighted by atomic mass is 32.8. The van der Waals surface area contributed by atoms with Crippen molar-refractivity contribution in [3.05, 3.63) is 64.0 Å². The second-order valence-corrected chi connectivity index (χ2v) is 13.8. The molecule has 0 radical (unpaired) electrons. The van der Waals surface area contributed by atoms with Gasteiger partial charge in [0, 0.05) is 46.1 Å². The molecule has 1 aliphatic heterocycles. The predicted octanol–water partition coefficient (Wildman–Crippen LogP) is 6.89. The molecule has 2 heterocycles. The Morgan fingerprint density at radius 2 is 2.11 bits per heavy atom. The number of anilines is 2. The molecule has 1 fully saturated rings. The zero-order valence-corrected chi connectivity index (χ0v) is 23.5. The third-order valence-corrected chi connectivity index (χ3v) is 8.98. The van der Waals surface area contributed by atoms with Crippen molar-refractivity contribution in [2.24, 2.45) is 11.3 Å². The van der Waals surface area contributed by atoms with Crippen LogP contribution in [0.5, 0.6) is 0 Å². The number of aliphatic hydroxyl groups is 1. The normalized spacial score (nSPS) is 23.0. The lowest BCUT2D eigenvalue weighted by Gasteiger charge is -2.28. The van der Waals surface area contributed by atoms with Gasteiger partial charge >= 0.3 is 0 Å². The summed E-state index contributed by atoms with van der Waals surface area (Å²) in [6.07, 6.45) is 6.07. The highest BCUT2D eigenvalue weighted by Gasteiger charge is 2.33. The van der Waals surface area contributed by atoms with Crippen LogP contribution in [-0.4, -0.2) is 21.9 Å². The van der Waals surface area contributed by atoms with E-state index < -0.39 is 0 Å². The van der Waals surface area contributed by atoms with Crippen molar-refractivity contribution in [2.45, 2.75) is 77.7 Å². The van der Waals surface area contributed by atoms with Crippen LogP contribution in [0, 0.1) is 17.2 Å². The molecule has 1 aromatic heterocycles. The van der Waals surface area contributed by atoms with Gasteiger partial charge in [0.05, 0.1) is 12.3 Å². The van der Waals surface area contributed by atoms with Crippen molar-refractivity contribution in [3.63, 3.8) is 0 Å². The molecule has 3 atom stereocenters. The molecule has 0 bridgehead atoms. The molecule has 1 saturated carbocycles. The Kier molecular flexibility index (Phi) is 8.37. The Balaban J connectivity index is 1.45. The number of nitrogens with one attached hydrogen (secondary N) is 2. The average Bonchev–Trinajstić information content (AvgIpc) is 3.56. The van der Waals surface area contributed by atoms with Crippen LogP contribution in [0.1, 0.15) is 83.0 Å². The third-order valence-electron chi connectivity index (χ3n) is 7.03. The van der Waals surface area contributed by atoms with Gasteiger partial charge < -0.3 is 15.2 Å². The first-order chi connectivity index (χ1) is 17.1. The van der Waals surface area contributed by atoms with Crippen molar-refractivity contribution in [1.82, 2.24) is 10.2 Å². The van der Waals surface area contributed by atoms with Gasteiger partial charge in [-0.15, -0.1) is 9.45 Å². The van der Waals surface area contributed by atoms with Crippen molar-refractivity contribution in [3.8, 4) is 0 Å². The lowest BCUT2D eigenvalue weighted by Crippen LogP contribution is -2.18. The lowest BCUT2D eigenvalue weighted by atomic mass is 9.90. The Labute approximate surface area is 221 Å². The summed E-state index contributed by atoms with van der Waals surface area (Å²) in [5.41, 5.74) is 3.97. The average molecular weight is 532 g/mol. The number of aromatic amines is 1. The first-order valence-electron chi connectivity index (χ1n) is 12.8. The van der Waals surface area contributed by atoms with Gasteiger partial charge in [-0.25, -0.2) is 4.39 Å². The summed E-state index contributed by atoms with van der Waals surface area (Å²) >= 11 is 5.41. The molecule has 2 aromatic rings. The second kappa shape index (κ2) is 11.2. The zero-order valence-electron chi connectivity index (χ0n) is 21.9. The fraction of sp³-hybridized carbons (Fsp3) is 0.536. The number of H-pyrrole nitrogens is 1. The molecule has 3 unspecified atom stereocenters. The van der Waals surface area contributed by atoms with Crippen molar-refractivity contribution in [2.75, 3.05) is 11.9 Å². The van der Waals surface area contributed by atoms with Crippen molar-refractivity contribution in [1.29, 1.82) is 0 Å². The molecular weight excluding hydrogens is 493 g/mol. The van der Waals surface area contributed by atoms with Crippen LogP contribution in [0.15, 0.2) is 41.4 Å². The largest absolute Gasteiger partial charge is 0.466 e. The van der Waals surface area contributed by atoms with E-state index >= 15 is 4.39 Å². The van der Waals surface area contributed by atoms with E-state index in [2.05, 4.69) is 49.3 Å². The van der Waals surface area contributed by atoms with Gasteiger partial charge in [0.2, 0.25) is 0 Å². The van der Waals surface area contributed by atoms with Crippen LogP contribution < -0.4 is 5.32 Å². The quantitative estimate of drug-likeness (QED) is 0.324. The molecule has 1 aliphatic carbocycles. The van der Waals surface area contributed by atoms with E-state index in [1.165, 1.54) is 0 Å². The molecule has 5 nitrogen and oxygen atoms in total. The topological polar surface area (TPSA) is 70.2 Å². The summed E-state index contributed by atoms with van der Waals surface area (Å²) in [5, 5.41) is 20.5. The molecule has 3 N–H and O–H groups in total. The minimum absolute atomic E-state index is 0.0116. The fourth-order valence-corrected chi connectivity index (χ4v) is 7.36. The molecule has 196 valence electrons. The molecule has 0 spiro atoms. The summed E-state index contributed by atoms with van der Waals surface area (Å²) in [4.78, 5) is 0. The summed E-state index contributed by atoms with van der Waals surface area (Å²) in [7, 11) is -0.190. The van der Waals surface area contributed by atoms with Crippen LogP contribution in [0.25, 0.3) is 0 Å². The van der Waals surface area contributed by atoms with E-state index in [0.29, 0.717) is 29.1 Å². The second-order valence-electron chi connectivity index (χ2n) is 11.0. The van der Waals surface area contributed by atoms with Gasteiger partial charge in [0.15, 0.2) is 11.6 Å². The third kappa shape index (κ3) is 5.92. The van der Waals surface area contributed by atoms with Gasteiger partial charge in [-0.05, 0) is 55.9 Å². The highest BCUT2D eigenvalue weighted by molar-refractivity contribution is 8.28. The number of benzene rings is 1. The Bertz CT molecular complexity index is 1200. The van der Waals surface area contributed by atoms with E-state index in [1.54, 1.807) is 6.07 Å². The maximum Gasteiger partial charge on any atom is 0.152 e. The number of aromatic nitrogens is 2. The van der Waals surface area contributed by atoms with Crippen LogP contribution >= 0.6 is 0 Å². The van der Waals surface area contributed by atoms with E-state index in [4.69, 9.17) is 15.9 Å². The summed E-state index contributed by atoms with van der Waals surface area (Å²) < 4.78 is 21.6. The Morgan fingerprint density at radius 1 is 1.33 bits per heavy atom. The number of ether oxygens (including phenoxy) is 1. The van der Waals surface area contributed by atoms with E-state index in [1.807, 2.05) is 19.1 Å². The number of nitrogens with zero attached hydrogens (tertiary/aromatic N) is 1. The molecule has 8 heteroatoms. The van der Waals surface area contributed by atoms with Gasteiger partial charge in [0.25, 0.3) is 0 Å². The number of rotatable bonds is 8. The van der Waals surface area contributed by atoms with Crippen LogP contribution in [0.4, 0.5) is 15.9 Å². The van der Waals surface area contributed by atoms with Gasteiger partial charge in [-0.2, -0.15) is 5.10 Å². The SMILES string of the molecule is CC/C=C(/O/C(=C(\C)CO)C(C)(C)C)C1CCC(c2cc(Nc3ccc4c(c3F)CS(=S)C4)n[nH]2)C1. The monoisotopic (exact) mass is 531 g/mol. The molecule has 4 rings (SSSR count). The van der Waals surface area contributed by atoms with Crippen LogP contribution in [0.3, 0.4) is 0 Å². The smallest absolute Gasteiger partial charge is 0.152 e. The molecule has 36 heavy (non-hydrogen) atoms. The lowest BCUT2D eigenvalue weighted by molar-refractivity contribution is 0.176.